The van der Waals surface area contributed by atoms with Crippen molar-refractivity contribution in [3.63, 3.8) is 0 Å². The number of rotatable bonds is 4. The summed E-state index contributed by atoms with van der Waals surface area (Å²) >= 11 is 0. The highest BCUT2D eigenvalue weighted by Crippen LogP contribution is 2.15. The number of hydrogen-bond donors (Lipinski definition) is 3. The molecular weight excluding hydrogens is 224 g/mol. The zero-order valence-corrected chi connectivity index (χ0v) is 9.49. The van der Waals surface area contributed by atoms with E-state index < -0.39 is 11.2 Å². The normalized spacial score (nSPS) is 20.1. The van der Waals surface area contributed by atoms with Gasteiger partial charge < -0.3 is 10.1 Å². The third kappa shape index (κ3) is 3.42. The van der Waals surface area contributed by atoms with E-state index in [2.05, 4.69) is 20.5 Å². The summed E-state index contributed by atoms with van der Waals surface area (Å²) in [7, 11) is 0. The average molecular weight is 240 g/mol. The third-order valence-corrected chi connectivity index (χ3v) is 2.74. The molecule has 1 aromatic heterocycles. The van der Waals surface area contributed by atoms with Gasteiger partial charge in [-0.15, -0.1) is 5.10 Å². The zero-order valence-electron chi connectivity index (χ0n) is 9.49. The molecule has 1 aliphatic rings. The minimum Gasteiger partial charge on any atom is -0.378 e. The van der Waals surface area contributed by atoms with Gasteiger partial charge in [-0.25, -0.2) is 9.89 Å². The minimum absolute atomic E-state index is 0.139. The molecule has 1 unspecified atom stereocenters. The zero-order chi connectivity index (χ0) is 12.1. The Bertz CT molecular complexity index is 461. The summed E-state index contributed by atoms with van der Waals surface area (Å²) in [6.07, 6.45) is 4.49. The quantitative estimate of drug-likeness (QED) is 0.678. The summed E-state index contributed by atoms with van der Waals surface area (Å²) in [5, 5.41) is 8.68. The van der Waals surface area contributed by atoms with Gasteiger partial charge >= 0.3 is 5.69 Å². The second kappa shape index (κ2) is 5.62. The molecule has 0 spiro atoms. The summed E-state index contributed by atoms with van der Waals surface area (Å²) in [4.78, 5) is 24.1. The Labute approximate surface area is 97.6 Å². The van der Waals surface area contributed by atoms with Crippen molar-refractivity contribution in [2.24, 2.45) is 0 Å². The van der Waals surface area contributed by atoms with Crippen LogP contribution in [0, 0.1) is 0 Å². The Hall–Kier alpha value is -1.63. The van der Waals surface area contributed by atoms with E-state index in [0.29, 0.717) is 6.54 Å². The van der Waals surface area contributed by atoms with Crippen LogP contribution in [0.25, 0.3) is 0 Å². The maximum Gasteiger partial charge on any atom is 0.342 e. The molecule has 94 valence electrons. The highest BCUT2D eigenvalue weighted by Gasteiger charge is 2.13. The van der Waals surface area contributed by atoms with Crippen LogP contribution in [0.15, 0.2) is 9.59 Å². The standard InChI is InChI=1S/C10H16N4O3/c15-9-8(13-14-10(16)12-9)11-5-4-7-3-1-2-6-17-7/h7H,1-6H2,(H,11,13)(H2,12,14,15,16). The van der Waals surface area contributed by atoms with E-state index in [1.54, 1.807) is 0 Å². The number of nitrogens with one attached hydrogen (secondary N) is 3. The van der Waals surface area contributed by atoms with Gasteiger partial charge in [0, 0.05) is 13.2 Å². The summed E-state index contributed by atoms with van der Waals surface area (Å²) < 4.78 is 5.56. The van der Waals surface area contributed by atoms with Crippen LogP contribution in [0.1, 0.15) is 25.7 Å². The number of H-pyrrole nitrogens is 2. The van der Waals surface area contributed by atoms with E-state index in [1.165, 1.54) is 6.42 Å². The monoisotopic (exact) mass is 240 g/mol. The molecule has 1 aromatic rings. The van der Waals surface area contributed by atoms with Gasteiger partial charge in [0.1, 0.15) is 0 Å². The first-order valence-corrected chi connectivity index (χ1v) is 5.80. The molecule has 17 heavy (non-hydrogen) atoms. The van der Waals surface area contributed by atoms with Crippen molar-refractivity contribution in [2.75, 3.05) is 18.5 Å². The van der Waals surface area contributed by atoms with Crippen LogP contribution < -0.4 is 16.6 Å². The van der Waals surface area contributed by atoms with Crippen LogP contribution in [-0.2, 0) is 4.74 Å². The van der Waals surface area contributed by atoms with E-state index in [-0.39, 0.29) is 11.9 Å². The van der Waals surface area contributed by atoms with Crippen molar-refractivity contribution in [3.05, 3.63) is 20.8 Å². The predicted molar refractivity (Wildman–Crippen MR) is 62.2 cm³/mol. The number of anilines is 1. The lowest BCUT2D eigenvalue weighted by Crippen LogP contribution is -2.28. The Morgan fingerprint density at radius 3 is 3.00 bits per heavy atom. The highest BCUT2D eigenvalue weighted by atomic mass is 16.5. The Kier molecular flexibility index (Phi) is 3.92. The molecule has 1 fully saturated rings. The molecule has 0 saturated carbocycles. The van der Waals surface area contributed by atoms with E-state index in [0.717, 1.165) is 25.9 Å². The van der Waals surface area contributed by atoms with Crippen molar-refractivity contribution in [3.8, 4) is 0 Å². The molecule has 0 amide bonds. The molecule has 7 heteroatoms. The van der Waals surface area contributed by atoms with Gasteiger partial charge in [0.2, 0.25) is 5.82 Å². The van der Waals surface area contributed by atoms with Crippen molar-refractivity contribution in [2.45, 2.75) is 31.8 Å². The fraction of sp³-hybridized carbons (Fsp3) is 0.700. The SMILES string of the molecule is O=c1[nH]nc(NCCC2CCCCO2)c(=O)[nH]1. The van der Waals surface area contributed by atoms with Crippen LogP contribution in [0.4, 0.5) is 5.82 Å². The van der Waals surface area contributed by atoms with Gasteiger partial charge in [-0.3, -0.25) is 9.78 Å². The summed E-state index contributed by atoms with van der Waals surface area (Å²) in [6.45, 7) is 1.43. The first kappa shape index (κ1) is 11.8. The molecule has 1 atom stereocenters. The molecule has 0 aromatic carbocycles. The summed E-state index contributed by atoms with van der Waals surface area (Å²) in [6, 6.07) is 0. The first-order chi connectivity index (χ1) is 8.25. The lowest BCUT2D eigenvalue weighted by Gasteiger charge is -2.22. The molecule has 0 radical (unpaired) electrons. The number of hydrogen-bond acceptors (Lipinski definition) is 5. The van der Waals surface area contributed by atoms with Crippen molar-refractivity contribution in [1.82, 2.24) is 15.2 Å². The maximum absolute atomic E-state index is 11.3. The lowest BCUT2D eigenvalue weighted by atomic mass is 10.1. The molecule has 1 aliphatic heterocycles. The predicted octanol–water partition coefficient (Wildman–Crippen LogP) is -0.171. The van der Waals surface area contributed by atoms with Crippen molar-refractivity contribution < 1.29 is 4.74 Å². The number of nitrogens with zero attached hydrogens (tertiary/aromatic N) is 1. The fourth-order valence-corrected chi connectivity index (χ4v) is 1.85. The van der Waals surface area contributed by atoms with E-state index in [4.69, 9.17) is 4.74 Å². The number of aromatic nitrogens is 3. The number of ether oxygens (including phenoxy) is 1. The van der Waals surface area contributed by atoms with Crippen LogP contribution in [0.5, 0.6) is 0 Å². The maximum atomic E-state index is 11.3. The topological polar surface area (TPSA) is 99.9 Å². The third-order valence-electron chi connectivity index (χ3n) is 2.74. The van der Waals surface area contributed by atoms with Crippen LogP contribution >= 0.6 is 0 Å². The molecule has 0 bridgehead atoms. The Balaban J connectivity index is 1.81. The van der Waals surface area contributed by atoms with Gasteiger partial charge in [-0.2, -0.15) is 0 Å². The Morgan fingerprint density at radius 2 is 2.29 bits per heavy atom. The van der Waals surface area contributed by atoms with Crippen molar-refractivity contribution >= 4 is 5.82 Å². The molecule has 0 aliphatic carbocycles. The minimum atomic E-state index is -0.601. The second-order valence-corrected chi connectivity index (χ2v) is 4.06. The number of aromatic amines is 2. The van der Waals surface area contributed by atoms with Crippen LogP contribution in [0.3, 0.4) is 0 Å². The molecule has 3 N–H and O–H groups in total. The van der Waals surface area contributed by atoms with Gasteiger partial charge in [-0.05, 0) is 25.7 Å². The average Bonchev–Trinajstić information content (AvgIpc) is 2.33. The van der Waals surface area contributed by atoms with E-state index in [1.807, 2.05) is 0 Å². The lowest BCUT2D eigenvalue weighted by molar-refractivity contribution is 0.0134. The van der Waals surface area contributed by atoms with Crippen molar-refractivity contribution in [1.29, 1.82) is 0 Å². The van der Waals surface area contributed by atoms with Crippen LogP contribution in [-0.4, -0.2) is 34.4 Å². The first-order valence-electron chi connectivity index (χ1n) is 5.80. The van der Waals surface area contributed by atoms with Crippen LogP contribution in [0.2, 0.25) is 0 Å². The molecule has 1 saturated heterocycles. The molecule has 2 heterocycles. The summed E-state index contributed by atoms with van der Waals surface area (Å²) in [5.41, 5.74) is -1.10. The largest absolute Gasteiger partial charge is 0.378 e. The van der Waals surface area contributed by atoms with Gasteiger partial charge in [0.25, 0.3) is 5.56 Å². The Morgan fingerprint density at radius 1 is 1.41 bits per heavy atom. The van der Waals surface area contributed by atoms with Gasteiger partial charge in [0.15, 0.2) is 0 Å². The highest BCUT2D eigenvalue weighted by molar-refractivity contribution is 5.28. The summed E-state index contributed by atoms with van der Waals surface area (Å²) in [5.74, 6) is 0.139. The smallest absolute Gasteiger partial charge is 0.342 e. The fourth-order valence-electron chi connectivity index (χ4n) is 1.85. The van der Waals surface area contributed by atoms with E-state index in [9.17, 15) is 9.59 Å². The molecular formula is C10H16N4O3. The molecule has 7 nitrogen and oxygen atoms in total. The van der Waals surface area contributed by atoms with Gasteiger partial charge in [0.05, 0.1) is 6.10 Å². The van der Waals surface area contributed by atoms with Gasteiger partial charge in [-0.1, -0.05) is 0 Å². The van der Waals surface area contributed by atoms with E-state index >= 15 is 0 Å². The molecule has 2 rings (SSSR count). The second-order valence-electron chi connectivity index (χ2n) is 4.06.